The minimum Gasteiger partial charge on any atom is -0.309 e. The van der Waals surface area contributed by atoms with Crippen LogP contribution in [0.2, 0.25) is 0 Å². The highest BCUT2D eigenvalue weighted by Gasteiger charge is 2.21. The zero-order chi connectivity index (χ0) is 38.6. The lowest BCUT2D eigenvalue weighted by Gasteiger charge is -2.14. The number of para-hydroxylation sites is 1. The Kier molecular flexibility index (Phi) is 7.85. The molecule has 0 N–H and O–H groups in total. The zero-order valence-corrected chi connectivity index (χ0v) is 31.0. The van der Waals surface area contributed by atoms with Crippen LogP contribution in [-0.4, -0.2) is 19.1 Å². The quantitative estimate of drug-likeness (QED) is 0.171. The fourth-order valence-corrected chi connectivity index (χ4v) is 8.43. The van der Waals surface area contributed by atoms with E-state index >= 15 is 0 Å². The maximum absolute atomic E-state index is 10.0. The van der Waals surface area contributed by atoms with E-state index in [1.54, 1.807) is 0 Å². The lowest BCUT2D eigenvalue weighted by molar-refractivity contribution is 1.11. The fraction of sp³-hybridized carbons (Fsp3) is 0.0196. The average Bonchev–Trinajstić information content (AvgIpc) is 3.79. The third kappa shape index (κ3) is 5.17. The van der Waals surface area contributed by atoms with E-state index in [0.717, 1.165) is 66.5 Å². The first-order valence-corrected chi connectivity index (χ1v) is 18.8. The van der Waals surface area contributed by atoms with E-state index in [1.165, 1.54) is 21.5 Å². The van der Waals surface area contributed by atoms with Gasteiger partial charge >= 0.3 is 0 Å². The summed E-state index contributed by atoms with van der Waals surface area (Å²) in [6.45, 7) is 6.24. The number of fused-ring (bicyclic) bond motifs is 8. The Hall–Kier alpha value is -8.06. The van der Waals surface area contributed by atoms with Crippen molar-refractivity contribution < 1.29 is 0 Å². The normalized spacial score (nSPS) is 11.6. The highest BCUT2D eigenvalue weighted by atomic mass is 15.0. The summed E-state index contributed by atoms with van der Waals surface area (Å²) in [5.41, 5.74) is 10.00. The molecule has 0 bridgehead atoms. The highest BCUT2D eigenvalue weighted by Crippen LogP contribution is 2.39. The van der Waals surface area contributed by atoms with Gasteiger partial charge in [-0.05, 0) is 54.1 Å². The molecular formula is C51H32N6. The van der Waals surface area contributed by atoms with Gasteiger partial charge in [-0.25, -0.2) is 9.97 Å². The summed E-state index contributed by atoms with van der Waals surface area (Å²) < 4.78 is 4.57. The summed E-state index contributed by atoms with van der Waals surface area (Å²) in [6, 6.07) is 54.7. The Labute approximate surface area is 328 Å². The molecule has 0 radical (unpaired) electrons. The SMILES string of the molecule is C=Cc1c(/C=C\C)c2ccc3ccccc3c2n1-c1ccc(-c2nc(C#N)c(C#N)nc2-c2ccc(-n3c4ccccc4c4ccc5ccccc5c43)cc2)cc1. The van der Waals surface area contributed by atoms with Crippen LogP contribution in [0.15, 0.2) is 158 Å². The first-order valence-electron chi connectivity index (χ1n) is 18.8. The number of nitrogens with zero attached hydrogens (tertiary/aromatic N) is 6. The number of rotatable bonds is 6. The second-order valence-corrected chi connectivity index (χ2v) is 14.0. The second-order valence-electron chi connectivity index (χ2n) is 14.0. The van der Waals surface area contributed by atoms with Gasteiger partial charge in [0.15, 0.2) is 11.4 Å². The Bertz CT molecular complexity index is 3380. The summed E-state index contributed by atoms with van der Waals surface area (Å²) in [6.07, 6.45) is 6.10. The Morgan fingerprint density at radius 3 is 1.56 bits per heavy atom. The molecule has 6 nitrogen and oxygen atoms in total. The number of nitriles is 2. The molecule has 0 saturated carbocycles. The van der Waals surface area contributed by atoms with Crippen molar-refractivity contribution in [2.24, 2.45) is 0 Å². The maximum atomic E-state index is 10.0. The predicted octanol–water partition coefficient (Wildman–Crippen LogP) is 12.6. The Morgan fingerprint density at radius 2 is 1.02 bits per heavy atom. The molecule has 0 fully saturated rings. The molecule has 0 aliphatic rings. The predicted molar refractivity (Wildman–Crippen MR) is 233 cm³/mol. The van der Waals surface area contributed by atoms with Gasteiger partial charge in [0, 0.05) is 55.0 Å². The third-order valence-electron chi connectivity index (χ3n) is 10.9. The second kappa shape index (κ2) is 13.4. The fourth-order valence-electron chi connectivity index (χ4n) is 8.43. The van der Waals surface area contributed by atoms with Crippen LogP contribution < -0.4 is 0 Å². The molecule has 3 heterocycles. The van der Waals surface area contributed by atoms with Crippen LogP contribution in [-0.2, 0) is 0 Å². The third-order valence-corrected chi connectivity index (χ3v) is 10.9. The maximum Gasteiger partial charge on any atom is 0.177 e. The van der Waals surface area contributed by atoms with Crippen molar-refractivity contribution in [3.8, 4) is 46.0 Å². The van der Waals surface area contributed by atoms with Crippen molar-refractivity contribution in [3.05, 3.63) is 181 Å². The van der Waals surface area contributed by atoms with Crippen LogP contribution in [0.4, 0.5) is 0 Å². The molecule has 0 amide bonds. The van der Waals surface area contributed by atoms with Crippen molar-refractivity contribution in [3.63, 3.8) is 0 Å². The lowest BCUT2D eigenvalue weighted by atomic mass is 10.0. The molecule has 0 aliphatic carbocycles. The Morgan fingerprint density at radius 1 is 0.526 bits per heavy atom. The van der Waals surface area contributed by atoms with Crippen molar-refractivity contribution in [1.29, 1.82) is 10.5 Å². The van der Waals surface area contributed by atoms with Gasteiger partial charge < -0.3 is 9.13 Å². The van der Waals surface area contributed by atoms with Crippen molar-refractivity contribution in [2.75, 3.05) is 0 Å². The minimum atomic E-state index is -0.0121. The van der Waals surface area contributed by atoms with Gasteiger partial charge in [-0.1, -0.05) is 134 Å². The monoisotopic (exact) mass is 728 g/mol. The molecule has 6 heteroatoms. The molecule has 7 aromatic carbocycles. The number of hydrogen-bond donors (Lipinski definition) is 0. The summed E-state index contributed by atoms with van der Waals surface area (Å²) in [5, 5.41) is 28.2. The van der Waals surface area contributed by atoms with E-state index in [2.05, 4.69) is 161 Å². The van der Waals surface area contributed by atoms with Crippen LogP contribution in [0.25, 0.3) is 100 Å². The van der Waals surface area contributed by atoms with Crippen LogP contribution >= 0.6 is 0 Å². The number of benzene rings is 7. The van der Waals surface area contributed by atoms with E-state index in [4.69, 9.17) is 9.97 Å². The highest BCUT2D eigenvalue weighted by molar-refractivity contribution is 6.18. The molecular weight excluding hydrogens is 697 g/mol. The molecule has 10 rings (SSSR count). The van der Waals surface area contributed by atoms with Gasteiger partial charge in [-0.15, -0.1) is 0 Å². The molecule has 0 spiro atoms. The van der Waals surface area contributed by atoms with Crippen molar-refractivity contribution in [1.82, 2.24) is 19.1 Å². The van der Waals surface area contributed by atoms with E-state index in [1.807, 2.05) is 37.3 Å². The first-order chi connectivity index (χ1) is 28.1. The lowest BCUT2D eigenvalue weighted by Crippen LogP contribution is -2.02. The van der Waals surface area contributed by atoms with Gasteiger partial charge in [0.05, 0.1) is 33.6 Å². The zero-order valence-electron chi connectivity index (χ0n) is 31.0. The van der Waals surface area contributed by atoms with Gasteiger partial charge in [0.1, 0.15) is 12.1 Å². The largest absolute Gasteiger partial charge is 0.309 e. The smallest absolute Gasteiger partial charge is 0.177 e. The van der Waals surface area contributed by atoms with E-state index in [-0.39, 0.29) is 11.4 Å². The van der Waals surface area contributed by atoms with Gasteiger partial charge in [0.25, 0.3) is 0 Å². The topological polar surface area (TPSA) is 83.2 Å². The van der Waals surface area contributed by atoms with E-state index in [9.17, 15) is 10.5 Å². The van der Waals surface area contributed by atoms with Gasteiger partial charge in [0.2, 0.25) is 0 Å². The van der Waals surface area contributed by atoms with Crippen LogP contribution in [0.3, 0.4) is 0 Å². The molecule has 266 valence electrons. The van der Waals surface area contributed by atoms with Crippen LogP contribution in [0, 0.1) is 22.7 Å². The number of aromatic nitrogens is 4. The molecule has 3 aromatic heterocycles. The number of allylic oxidation sites excluding steroid dienone is 1. The average molecular weight is 729 g/mol. The van der Waals surface area contributed by atoms with Crippen LogP contribution in [0.5, 0.6) is 0 Å². The summed E-state index contributed by atoms with van der Waals surface area (Å²) in [5.74, 6) is 0. The molecule has 0 aliphatic heterocycles. The van der Waals surface area contributed by atoms with Crippen LogP contribution in [0.1, 0.15) is 29.6 Å². The first kappa shape index (κ1) is 33.5. The standard InChI is InChI=1S/C51H32N6/c1-3-11-40-42-28-22-32-12-5-7-14-38(32)50(42)56(46(40)4-2)36-24-18-34(19-25-36)48-49(55-45(31-53)44(30-52)54-48)35-20-26-37(27-21-35)57-47-17-10-9-16-41(47)43-29-23-33-13-6-8-15-39(33)51(43)57/h3-29H,2H2,1H3/b11-3-. The molecule has 0 unspecified atom stereocenters. The summed E-state index contributed by atoms with van der Waals surface area (Å²) in [4.78, 5) is 9.54. The van der Waals surface area contributed by atoms with Gasteiger partial charge in [-0.2, -0.15) is 10.5 Å². The summed E-state index contributed by atoms with van der Waals surface area (Å²) in [7, 11) is 0. The molecule has 0 saturated heterocycles. The van der Waals surface area contributed by atoms with Crippen molar-refractivity contribution >= 4 is 66.4 Å². The Balaban J connectivity index is 1.12. The van der Waals surface area contributed by atoms with E-state index < -0.39 is 0 Å². The molecule has 0 atom stereocenters. The van der Waals surface area contributed by atoms with Gasteiger partial charge in [-0.3, -0.25) is 0 Å². The van der Waals surface area contributed by atoms with Crippen molar-refractivity contribution in [2.45, 2.75) is 6.92 Å². The molecule has 57 heavy (non-hydrogen) atoms. The summed E-state index contributed by atoms with van der Waals surface area (Å²) >= 11 is 0. The number of hydrogen-bond acceptors (Lipinski definition) is 4. The minimum absolute atomic E-state index is 0.0105. The molecule has 10 aromatic rings. The van der Waals surface area contributed by atoms with E-state index in [0.29, 0.717) is 11.4 Å².